The first-order valence-electron chi connectivity index (χ1n) is 16.8. The van der Waals surface area contributed by atoms with Crippen LogP contribution in [0.4, 0.5) is 36.4 Å². The van der Waals surface area contributed by atoms with E-state index in [1.54, 1.807) is 62.4 Å². The van der Waals surface area contributed by atoms with E-state index in [0.29, 0.717) is 27.5 Å². The second-order valence-electron chi connectivity index (χ2n) is 13.4. The summed E-state index contributed by atoms with van der Waals surface area (Å²) in [6.45, 7) is 2.21. The molecule has 0 spiro atoms. The van der Waals surface area contributed by atoms with Gasteiger partial charge in [-0.2, -0.15) is 28.1 Å². The Kier molecular flexibility index (Phi) is 11.2. The van der Waals surface area contributed by atoms with Gasteiger partial charge >= 0.3 is 24.0 Å². The number of carbonyl (C=O) groups excluding carboxylic acids is 3. The minimum absolute atomic E-state index is 0.00303. The van der Waals surface area contributed by atoms with E-state index in [-0.39, 0.29) is 30.9 Å². The third kappa shape index (κ3) is 10.4. The maximum atomic E-state index is 13.0. The highest BCUT2D eigenvalue weighted by Gasteiger charge is 2.45. The van der Waals surface area contributed by atoms with Crippen LogP contribution in [0, 0.1) is 5.41 Å². The van der Waals surface area contributed by atoms with Crippen molar-refractivity contribution in [1.29, 1.82) is 0 Å². The molecule has 19 heteroatoms. The Morgan fingerprint density at radius 1 is 0.873 bits per heavy atom. The molecular weight excluding hydrogens is 745 g/mol. The fraction of sp³-hybridized carbons (Fsp3) is 0.278. The molecule has 3 aromatic carbocycles. The lowest BCUT2D eigenvalue weighted by atomic mass is 9.93. The van der Waals surface area contributed by atoms with E-state index in [9.17, 15) is 27.6 Å². The second kappa shape index (κ2) is 16.0. The normalized spacial score (nSPS) is 13.3. The number of nitrogens with one attached hydrogen (secondary N) is 5. The molecule has 1 aliphatic carbocycles. The van der Waals surface area contributed by atoms with Crippen molar-refractivity contribution in [2.45, 2.75) is 38.4 Å². The molecule has 0 aliphatic heterocycles. The SMILES string of the molecule is CC(C)(CNC(=O)C(=O)Nc1ccccc1-c1nnco1)CNC(=O)c1ccc(Nc2nc(NC3(c4ccc(Cl)cc4)CC3)nc(OCC(F)(F)F)n2)cc1. The number of carbonyl (C=O) groups is 3. The number of aromatic nitrogens is 5. The van der Waals surface area contributed by atoms with E-state index in [0.717, 1.165) is 24.8 Å². The number of hydrogen-bond donors (Lipinski definition) is 5. The highest BCUT2D eigenvalue weighted by atomic mass is 35.5. The third-order valence-electron chi connectivity index (χ3n) is 8.31. The van der Waals surface area contributed by atoms with Gasteiger partial charge < -0.3 is 35.7 Å². The zero-order chi connectivity index (χ0) is 39.2. The van der Waals surface area contributed by atoms with Crippen LogP contribution in [0.5, 0.6) is 6.01 Å². The fourth-order valence-electron chi connectivity index (χ4n) is 5.24. The molecule has 2 aromatic heterocycles. The molecule has 2 heterocycles. The minimum Gasteiger partial charge on any atom is -0.454 e. The van der Waals surface area contributed by atoms with Crippen molar-refractivity contribution in [3.05, 3.63) is 95.3 Å². The number of para-hydroxylation sites is 1. The van der Waals surface area contributed by atoms with Crippen LogP contribution >= 0.6 is 11.6 Å². The highest BCUT2D eigenvalue weighted by molar-refractivity contribution is 6.40. The smallest absolute Gasteiger partial charge is 0.422 e. The third-order valence-corrected chi connectivity index (χ3v) is 8.56. The van der Waals surface area contributed by atoms with Crippen LogP contribution in [-0.2, 0) is 15.1 Å². The first kappa shape index (κ1) is 38.4. The Bertz CT molecular complexity index is 2150. The van der Waals surface area contributed by atoms with Crippen molar-refractivity contribution in [3.8, 4) is 17.5 Å². The summed E-state index contributed by atoms with van der Waals surface area (Å²) in [6, 6.07) is 19.5. The van der Waals surface area contributed by atoms with Crippen molar-refractivity contribution >= 4 is 52.6 Å². The Morgan fingerprint density at radius 3 is 2.24 bits per heavy atom. The average molecular weight is 779 g/mol. The summed E-state index contributed by atoms with van der Waals surface area (Å²) in [6.07, 6.45) is -2.01. The molecule has 1 aliphatic rings. The molecule has 6 rings (SSSR count). The molecule has 286 valence electrons. The number of rotatable bonds is 14. The van der Waals surface area contributed by atoms with Crippen molar-refractivity contribution in [3.63, 3.8) is 0 Å². The lowest BCUT2D eigenvalue weighted by Gasteiger charge is -2.25. The lowest BCUT2D eigenvalue weighted by Crippen LogP contribution is -2.45. The number of alkyl halides is 3. The number of halogens is 4. The summed E-state index contributed by atoms with van der Waals surface area (Å²) in [5, 5.41) is 22.1. The first-order chi connectivity index (χ1) is 26.2. The molecule has 0 bridgehead atoms. The molecule has 0 unspecified atom stereocenters. The Balaban J connectivity index is 1.03. The minimum atomic E-state index is -4.61. The van der Waals surface area contributed by atoms with E-state index in [2.05, 4.69) is 51.7 Å². The predicted octanol–water partition coefficient (Wildman–Crippen LogP) is 5.87. The van der Waals surface area contributed by atoms with Gasteiger partial charge in [-0.3, -0.25) is 14.4 Å². The standard InChI is InChI=1S/C36H34ClF3N10O5/c1-34(2,18-42-28(52)29(53)45-26-6-4-3-5-25(26)30-50-43-20-55-30)17-41-27(51)21-7-13-24(14-8-21)44-31-46-32(48-33(47-31)54-19-36(38,39)40)49-35(15-16-35)22-9-11-23(37)12-10-22/h3-14,20H,15-19H2,1-2H3,(H,41,51)(H,42,52)(H,45,53)(H2,44,46,47,48,49). The van der Waals surface area contributed by atoms with E-state index in [1.807, 2.05) is 12.1 Å². The quantitative estimate of drug-likeness (QED) is 0.0842. The van der Waals surface area contributed by atoms with Gasteiger partial charge in [-0.25, -0.2) is 0 Å². The van der Waals surface area contributed by atoms with Gasteiger partial charge in [0.25, 0.3) is 5.91 Å². The molecule has 0 saturated heterocycles. The number of hydrogen-bond acceptors (Lipinski definition) is 12. The van der Waals surface area contributed by atoms with Crippen molar-refractivity contribution in [2.75, 3.05) is 35.6 Å². The number of anilines is 4. The first-order valence-corrected chi connectivity index (χ1v) is 17.1. The van der Waals surface area contributed by atoms with E-state index in [1.165, 1.54) is 12.1 Å². The number of amides is 3. The summed E-state index contributed by atoms with van der Waals surface area (Å²) in [5.74, 6) is -2.10. The van der Waals surface area contributed by atoms with Crippen molar-refractivity contribution < 1.29 is 36.7 Å². The van der Waals surface area contributed by atoms with E-state index < -0.39 is 47.5 Å². The maximum absolute atomic E-state index is 13.0. The van der Waals surface area contributed by atoms with E-state index in [4.69, 9.17) is 20.8 Å². The molecule has 15 nitrogen and oxygen atoms in total. The number of benzene rings is 3. The number of nitrogens with zero attached hydrogens (tertiary/aromatic N) is 5. The largest absolute Gasteiger partial charge is 0.454 e. The fourth-order valence-corrected chi connectivity index (χ4v) is 5.37. The zero-order valence-electron chi connectivity index (χ0n) is 29.3. The van der Waals surface area contributed by atoms with Crippen LogP contribution < -0.4 is 31.3 Å². The summed E-state index contributed by atoms with van der Waals surface area (Å²) in [5.41, 5.74) is 1.21. The summed E-state index contributed by atoms with van der Waals surface area (Å²) < 4.78 is 48.9. The van der Waals surface area contributed by atoms with Gasteiger partial charge in [-0.15, -0.1) is 10.2 Å². The van der Waals surface area contributed by atoms with Gasteiger partial charge in [0.1, 0.15) is 0 Å². The summed E-state index contributed by atoms with van der Waals surface area (Å²) in [4.78, 5) is 50.7. The van der Waals surface area contributed by atoms with Crippen LogP contribution in [-0.4, -0.2) is 68.7 Å². The van der Waals surface area contributed by atoms with Crippen LogP contribution in [0.25, 0.3) is 11.5 Å². The maximum Gasteiger partial charge on any atom is 0.422 e. The van der Waals surface area contributed by atoms with Crippen LogP contribution in [0.3, 0.4) is 0 Å². The van der Waals surface area contributed by atoms with Gasteiger partial charge in [-0.1, -0.05) is 49.7 Å². The van der Waals surface area contributed by atoms with Crippen LogP contribution in [0.15, 0.2) is 83.6 Å². The molecule has 1 fully saturated rings. The molecular formula is C36H34ClF3N10O5. The molecule has 5 N–H and O–H groups in total. The number of ether oxygens (including phenoxy) is 1. The predicted molar refractivity (Wildman–Crippen MR) is 195 cm³/mol. The van der Waals surface area contributed by atoms with Gasteiger partial charge in [0.15, 0.2) is 6.61 Å². The highest BCUT2D eigenvalue weighted by Crippen LogP contribution is 2.48. The topological polar surface area (TPSA) is 198 Å². The zero-order valence-corrected chi connectivity index (χ0v) is 30.1. The Labute approximate surface area is 316 Å². The molecule has 5 aromatic rings. The molecule has 55 heavy (non-hydrogen) atoms. The molecule has 3 amide bonds. The van der Waals surface area contributed by atoms with Gasteiger partial charge in [0.2, 0.25) is 24.2 Å². The second-order valence-corrected chi connectivity index (χ2v) is 13.8. The molecule has 0 radical (unpaired) electrons. The van der Waals surface area contributed by atoms with Gasteiger partial charge in [0, 0.05) is 29.4 Å². The van der Waals surface area contributed by atoms with Crippen molar-refractivity contribution in [2.24, 2.45) is 5.41 Å². The molecule has 1 saturated carbocycles. The summed E-state index contributed by atoms with van der Waals surface area (Å²) in [7, 11) is 0. The van der Waals surface area contributed by atoms with Crippen LogP contribution in [0.2, 0.25) is 5.02 Å². The Hall–Kier alpha value is -6.30. The monoisotopic (exact) mass is 778 g/mol. The Morgan fingerprint density at radius 2 is 1.56 bits per heavy atom. The molecule has 0 atom stereocenters. The summed E-state index contributed by atoms with van der Waals surface area (Å²) >= 11 is 6.04. The van der Waals surface area contributed by atoms with Gasteiger partial charge in [-0.05, 0) is 72.4 Å². The lowest BCUT2D eigenvalue weighted by molar-refractivity contribution is -0.154. The van der Waals surface area contributed by atoms with Gasteiger partial charge in [0.05, 0.1) is 16.8 Å². The average Bonchev–Trinajstić information content (AvgIpc) is 3.71. The van der Waals surface area contributed by atoms with Crippen LogP contribution in [0.1, 0.15) is 42.6 Å². The van der Waals surface area contributed by atoms with Crippen molar-refractivity contribution in [1.82, 2.24) is 35.8 Å². The van der Waals surface area contributed by atoms with E-state index >= 15 is 0 Å².